The van der Waals surface area contributed by atoms with Gasteiger partial charge in [-0.25, -0.2) is 4.98 Å². The Balaban J connectivity index is 1.81. The number of amides is 1. The maximum absolute atomic E-state index is 12.2. The Morgan fingerprint density at radius 3 is 2.58 bits per heavy atom. The molecule has 1 aromatic rings. The van der Waals surface area contributed by atoms with Crippen LogP contribution in [0.2, 0.25) is 0 Å². The molecule has 4 heteroatoms. The number of thiazole rings is 1. The first-order valence-corrected chi connectivity index (χ1v) is 8.27. The third-order valence-corrected chi connectivity index (χ3v) is 4.60. The highest BCUT2D eigenvalue weighted by Crippen LogP contribution is 2.19. The number of rotatable bonds is 4. The molecule has 2 rings (SSSR count). The van der Waals surface area contributed by atoms with Crippen LogP contribution in [-0.4, -0.2) is 28.9 Å². The van der Waals surface area contributed by atoms with Crippen molar-refractivity contribution in [1.29, 1.82) is 0 Å². The molecule has 3 nitrogen and oxygen atoms in total. The summed E-state index contributed by atoms with van der Waals surface area (Å²) in [6.07, 6.45) is 6.29. The molecule has 1 amide bonds. The highest BCUT2D eigenvalue weighted by molar-refractivity contribution is 7.09. The largest absolute Gasteiger partial charge is 0.343 e. The van der Waals surface area contributed by atoms with Gasteiger partial charge in [0.15, 0.2) is 0 Å². The summed E-state index contributed by atoms with van der Waals surface area (Å²) in [6.45, 7) is 6.21. The highest BCUT2D eigenvalue weighted by atomic mass is 32.1. The van der Waals surface area contributed by atoms with E-state index in [-0.39, 0.29) is 0 Å². The van der Waals surface area contributed by atoms with E-state index in [2.05, 4.69) is 24.2 Å². The van der Waals surface area contributed by atoms with Crippen molar-refractivity contribution in [2.24, 2.45) is 0 Å². The summed E-state index contributed by atoms with van der Waals surface area (Å²) in [4.78, 5) is 18.8. The lowest BCUT2D eigenvalue weighted by Gasteiger charge is -2.19. The molecule has 1 saturated heterocycles. The zero-order chi connectivity index (χ0) is 13.7. The molecule has 1 aliphatic heterocycles. The van der Waals surface area contributed by atoms with Gasteiger partial charge in [0.1, 0.15) is 0 Å². The second kappa shape index (κ2) is 7.04. The Kier molecular flexibility index (Phi) is 5.37. The van der Waals surface area contributed by atoms with Gasteiger partial charge in [0.25, 0.3) is 0 Å². The van der Waals surface area contributed by atoms with Crippen molar-refractivity contribution in [3.63, 3.8) is 0 Å². The van der Waals surface area contributed by atoms with Crippen LogP contribution in [-0.2, 0) is 11.2 Å². The highest BCUT2D eigenvalue weighted by Gasteiger charge is 2.16. The Morgan fingerprint density at radius 1 is 1.32 bits per heavy atom. The van der Waals surface area contributed by atoms with Crippen molar-refractivity contribution >= 4 is 17.2 Å². The summed E-state index contributed by atoms with van der Waals surface area (Å²) in [6, 6.07) is 0. The molecule has 1 aromatic heterocycles. The van der Waals surface area contributed by atoms with Gasteiger partial charge in [0.05, 0.1) is 10.7 Å². The number of nitrogens with zero attached hydrogens (tertiary/aromatic N) is 2. The van der Waals surface area contributed by atoms with Crippen LogP contribution in [0.25, 0.3) is 0 Å². The number of carbonyl (C=O) groups excluding carboxylic acids is 1. The van der Waals surface area contributed by atoms with Gasteiger partial charge in [-0.3, -0.25) is 4.79 Å². The molecule has 0 aromatic carbocycles. The zero-order valence-corrected chi connectivity index (χ0v) is 12.8. The van der Waals surface area contributed by atoms with Crippen molar-refractivity contribution < 1.29 is 4.79 Å². The fraction of sp³-hybridized carbons (Fsp3) is 0.733. The molecule has 0 atom stereocenters. The van der Waals surface area contributed by atoms with Crippen LogP contribution in [0.5, 0.6) is 0 Å². The van der Waals surface area contributed by atoms with E-state index in [4.69, 9.17) is 0 Å². The minimum Gasteiger partial charge on any atom is -0.343 e. The fourth-order valence-corrected chi connectivity index (χ4v) is 3.36. The minimum atomic E-state index is 0.309. The van der Waals surface area contributed by atoms with Crippen LogP contribution in [0.1, 0.15) is 62.6 Å². The third-order valence-electron chi connectivity index (χ3n) is 3.67. The van der Waals surface area contributed by atoms with E-state index in [0.717, 1.165) is 30.2 Å². The number of hydrogen-bond acceptors (Lipinski definition) is 3. The monoisotopic (exact) mass is 280 g/mol. The third kappa shape index (κ3) is 4.30. The van der Waals surface area contributed by atoms with E-state index in [9.17, 15) is 4.79 Å². The molecule has 0 unspecified atom stereocenters. The molecule has 1 fully saturated rings. The van der Waals surface area contributed by atoms with E-state index in [1.54, 1.807) is 11.3 Å². The predicted octanol–water partition coefficient (Wildman–Crippen LogP) is 3.60. The lowest BCUT2D eigenvalue weighted by molar-refractivity contribution is -0.131. The first-order chi connectivity index (χ1) is 9.16. The molecule has 19 heavy (non-hydrogen) atoms. The standard InChI is InChI=1S/C15H24N2OS/c1-12(2)13-11-19-14(16-13)7-8-15(18)17-9-5-3-4-6-10-17/h11-12H,3-10H2,1-2H3. The first-order valence-electron chi connectivity index (χ1n) is 7.39. The van der Waals surface area contributed by atoms with Gasteiger partial charge in [-0.1, -0.05) is 26.7 Å². The van der Waals surface area contributed by atoms with Crippen LogP contribution in [0.3, 0.4) is 0 Å². The molecule has 106 valence electrons. The summed E-state index contributed by atoms with van der Waals surface area (Å²) < 4.78 is 0. The van der Waals surface area contributed by atoms with Gasteiger partial charge < -0.3 is 4.90 Å². The molecule has 2 heterocycles. The molecule has 0 saturated carbocycles. The second-order valence-electron chi connectivity index (χ2n) is 5.62. The maximum Gasteiger partial charge on any atom is 0.222 e. The molecular weight excluding hydrogens is 256 g/mol. The zero-order valence-electron chi connectivity index (χ0n) is 12.0. The fourth-order valence-electron chi connectivity index (χ4n) is 2.40. The summed E-state index contributed by atoms with van der Waals surface area (Å²) in [5.41, 5.74) is 1.15. The number of aromatic nitrogens is 1. The first kappa shape index (κ1) is 14.5. The van der Waals surface area contributed by atoms with Crippen LogP contribution >= 0.6 is 11.3 Å². The number of hydrogen-bond donors (Lipinski definition) is 0. The van der Waals surface area contributed by atoms with Crippen molar-refractivity contribution in [1.82, 2.24) is 9.88 Å². The lowest BCUT2D eigenvalue weighted by atomic mass is 10.2. The van der Waals surface area contributed by atoms with Gasteiger partial charge in [0, 0.05) is 31.3 Å². The molecular formula is C15H24N2OS. The molecule has 0 bridgehead atoms. The van der Waals surface area contributed by atoms with E-state index in [1.807, 2.05) is 4.90 Å². The Bertz CT molecular complexity index is 406. The van der Waals surface area contributed by atoms with Gasteiger partial charge in [-0.05, 0) is 18.8 Å². The molecule has 0 radical (unpaired) electrons. The molecule has 0 N–H and O–H groups in total. The number of likely N-dealkylation sites (tertiary alicyclic amines) is 1. The Labute approximate surface area is 120 Å². The normalized spacial score (nSPS) is 16.7. The Morgan fingerprint density at radius 2 is 2.00 bits per heavy atom. The van der Waals surface area contributed by atoms with Crippen molar-refractivity contribution in [2.75, 3.05) is 13.1 Å². The van der Waals surface area contributed by atoms with E-state index < -0.39 is 0 Å². The summed E-state index contributed by atoms with van der Waals surface area (Å²) in [7, 11) is 0. The topological polar surface area (TPSA) is 33.2 Å². The van der Waals surface area contributed by atoms with Crippen LogP contribution in [0.15, 0.2) is 5.38 Å². The lowest BCUT2D eigenvalue weighted by Crippen LogP contribution is -2.31. The smallest absolute Gasteiger partial charge is 0.222 e. The average molecular weight is 280 g/mol. The van der Waals surface area contributed by atoms with Crippen molar-refractivity contribution in [3.8, 4) is 0 Å². The minimum absolute atomic E-state index is 0.309. The quantitative estimate of drug-likeness (QED) is 0.844. The summed E-state index contributed by atoms with van der Waals surface area (Å²) in [5.74, 6) is 0.787. The average Bonchev–Trinajstić information content (AvgIpc) is 2.70. The summed E-state index contributed by atoms with van der Waals surface area (Å²) >= 11 is 1.69. The number of aryl methyl sites for hydroxylation is 1. The molecule has 1 aliphatic rings. The van der Waals surface area contributed by atoms with Crippen molar-refractivity contribution in [2.45, 2.75) is 58.3 Å². The molecule has 0 aliphatic carbocycles. The van der Waals surface area contributed by atoms with E-state index >= 15 is 0 Å². The van der Waals surface area contributed by atoms with Crippen LogP contribution in [0.4, 0.5) is 0 Å². The van der Waals surface area contributed by atoms with Gasteiger partial charge in [-0.15, -0.1) is 11.3 Å². The number of carbonyl (C=O) groups is 1. The molecule has 0 spiro atoms. The van der Waals surface area contributed by atoms with E-state index in [1.165, 1.54) is 25.7 Å². The van der Waals surface area contributed by atoms with Gasteiger partial charge in [0.2, 0.25) is 5.91 Å². The Hall–Kier alpha value is -0.900. The van der Waals surface area contributed by atoms with Crippen LogP contribution < -0.4 is 0 Å². The van der Waals surface area contributed by atoms with Crippen LogP contribution in [0, 0.1) is 0 Å². The SMILES string of the molecule is CC(C)c1csc(CCC(=O)N2CCCCCC2)n1. The predicted molar refractivity (Wildman–Crippen MR) is 79.6 cm³/mol. The second-order valence-corrected chi connectivity index (χ2v) is 6.56. The van der Waals surface area contributed by atoms with E-state index in [0.29, 0.717) is 18.2 Å². The van der Waals surface area contributed by atoms with Gasteiger partial charge in [-0.2, -0.15) is 0 Å². The summed E-state index contributed by atoms with van der Waals surface area (Å²) in [5, 5.41) is 3.23. The maximum atomic E-state index is 12.2. The van der Waals surface area contributed by atoms with Gasteiger partial charge >= 0.3 is 0 Å². The van der Waals surface area contributed by atoms with Crippen molar-refractivity contribution in [3.05, 3.63) is 16.1 Å².